The summed E-state index contributed by atoms with van der Waals surface area (Å²) in [5.41, 5.74) is 7.74. The summed E-state index contributed by atoms with van der Waals surface area (Å²) >= 11 is 7.60. The van der Waals surface area contributed by atoms with Crippen molar-refractivity contribution >= 4 is 34.4 Å². The number of hydrogen-bond donors (Lipinski definition) is 2. The molecule has 0 bridgehead atoms. The number of nitrogens with one attached hydrogen (secondary N) is 1. The Labute approximate surface area is 110 Å². The number of nitrogens with zero attached hydrogens (tertiary/aromatic N) is 1. The van der Waals surface area contributed by atoms with Gasteiger partial charge in [-0.2, -0.15) is 0 Å². The zero-order valence-electron chi connectivity index (χ0n) is 9.75. The minimum absolute atomic E-state index is 0.445. The molecular formula is C12H14ClN3S. The third-order valence-electron chi connectivity index (χ3n) is 2.54. The molecule has 3 N–H and O–H groups in total. The molecule has 0 aliphatic rings. The van der Waals surface area contributed by atoms with Crippen LogP contribution >= 0.6 is 22.9 Å². The number of hydrogen-bond acceptors (Lipinski definition) is 4. The second-order valence-corrected chi connectivity index (χ2v) is 5.61. The molecule has 2 aromatic heterocycles. The van der Waals surface area contributed by atoms with E-state index in [1.54, 1.807) is 23.5 Å². The standard InChI is InChI=1S/C12H14ClN3S/c1-7-5-9(17-8(7)2)6-15-12-10(14)3-4-11(13)16-12/h3-5H,6,14H2,1-2H3,(H,15,16). The van der Waals surface area contributed by atoms with Gasteiger partial charge in [-0.15, -0.1) is 11.3 Å². The highest BCUT2D eigenvalue weighted by atomic mass is 35.5. The Kier molecular flexibility index (Phi) is 3.54. The summed E-state index contributed by atoms with van der Waals surface area (Å²) in [6.45, 7) is 4.95. The molecule has 17 heavy (non-hydrogen) atoms. The van der Waals surface area contributed by atoms with Crippen molar-refractivity contribution in [2.24, 2.45) is 0 Å². The van der Waals surface area contributed by atoms with Gasteiger partial charge in [0.1, 0.15) is 5.15 Å². The third kappa shape index (κ3) is 2.90. The van der Waals surface area contributed by atoms with Crippen molar-refractivity contribution in [1.82, 2.24) is 4.98 Å². The van der Waals surface area contributed by atoms with Crippen LogP contribution < -0.4 is 11.1 Å². The zero-order valence-corrected chi connectivity index (χ0v) is 11.3. The molecular weight excluding hydrogens is 254 g/mol. The van der Waals surface area contributed by atoms with Gasteiger partial charge in [0.15, 0.2) is 5.82 Å². The zero-order chi connectivity index (χ0) is 12.4. The summed E-state index contributed by atoms with van der Waals surface area (Å²) < 4.78 is 0. The number of nitrogen functional groups attached to an aromatic ring is 1. The Morgan fingerprint density at radius 1 is 1.41 bits per heavy atom. The average molecular weight is 268 g/mol. The number of anilines is 2. The summed E-state index contributed by atoms with van der Waals surface area (Å²) in [6.07, 6.45) is 0. The van der Waals surface area contributed by atoms with Crippen molar-refractivity contribution in [1.29, 1.82) is 0 Å². The van der Waals surface area contributed by atoms with E-state index in [9.17, 15) is 0 Å². The van der Waals surface area contributed by atoms with E-state index in [-0.39, 0.29) is 0 Å². The summed E-state index contributed by atoms with van der Waals surface area (Å²) in [7, 11) is 0. The van der Waals surface area contributed by atoms with E-state index in [2.05, 4.69) is 30.2 Å². The van der Waals surface area contributed by atoms with E-state index in [1.165, 1.54) is 15.3 Å². The second kappa shape index (κ2) is 4.94. The van der Waals surface area contributed by atoms with Gasteiger partial charge in [0, 0.05) is 9.75 Å². The van der Waals surface area contributed by atoms with Crippen molar-refractivity contribution < 1.29 is 0 Å². The number of thiophene rings is 1. The molecule has 0 saturated carbocycles. The highest BCUT2D eigenvalue weighted by Gasteiger charge is 2.04. The van der Waals surface area contributed by atoms with Crippen molar-refractivity contribution in [2.45, 2.75) is 20.4 Å². The van der Waals surface area contributed by atoms with Crippen LogP contribution in [0.1, 0.15) is 15.3 Å². The van der Waals surface area contributed by atoms with Gasteiger partial charge in [-0.25, -0.2) is 4.98 Å². The van der Waals surface area contributed by atoms with Gasteiger partial charge in [-0.1, -0.05) is 11.6 Å². The second-order valence-electron chi connectivity index (χ2n) is 3.88. The summed E-state index contributed by atoms with van der Waals surface area (Å²) in [5.74, 6) is 0.640. The first-order chi connectivity index (χ1) is 8.06. The third-order valence-corrected chi connectivity index (χ3v) is 3.90. The predicted octanol–water partition coefficient (Wildman–Crippen LogP) is 3.61. The SMILES string of the molecule is Cc1cc(CNc2nc(Cl)ccc2N)sc1C. The first-order valence-corrected chi connectivity index (χ1v) is 6.47. The molecule has 2 rings (SSSR count). The van der Waals surface area contributed by atoms with Crippen LogP contribution in [0.15, 0.2) is 18.2 Å². The van der Waals surface area contributed by atoms with Crippen LogP contribution in [-0.4, -0.2) is 4.98 Å². The van der Waals surface area contributed by atoms with Gasteiger partial charge in [-0.05, 0) is 37.6 Å². The highest BCUT2D eigenvalue weighted by Crippen LogP contribution is 2.23. The van der Waals surface area contributed by atoms with Gasteiger partial charge in [0.2, 0.25) is 0 Å². The molecule has 2 aromatic rings. The molecule has 3 nitrogen and oxygen atoms in total. The monoisotopic (exact) mass is 267 g/mol. The number of nitrogens with two attached hydrogens (primary N) is 1. The Hall–Kier alpha value is -1.26. The normalized spacial score (nSPS) is 10.5. The molecule has 0 amide bonds. The number of pyridine rings is 1. The number of halogens is 1. The van der Waals surface area contributed by atoms with Crippen LogP contribution in [-0.2, 0) is 6.54 Å². The number of aromatic nitrogens is 1. The molecule has 5 heteroatoms. The minimum Gasteiger partial charge on any atom is -0.396 e. The smallest absolute Gasteiger partial charge is 0.151 e. The lowest BCUT2D eigenvalue weighted by Crippen LogP contribution is -2.03. The van der Waals surface area contributed by atoms with Crippen LogP contribution in [0.4, 0.5) is 11.5 Å². The first kappa shape index (κ1) is 12.2. The average Bonchev–Trinajstić information content (AvgIpc) is 2.60. The highest BCUT2D eigenvalue weighted by molar-refractivity contribution is 7.12. The Bertz CT molecular complexity index is 517. The lowest BCUT2D eigenvalue weighted by molar-refractivity contribution is 1.14. The molecule has 0 spiro atoms. The molecule has 0 atom stereocenters. The molecule has 0 fully saturated rings. The van der Waals surface area contributed by atoms with Crippen molar-refractivity contribution in [3.05, 3.63) is 38.7 Å². The van der Waals surface area contributed by atoms with Crippen LogP contribution in [0.3, 0.4) is 0 Å². The van der Waals surface area contributed by atoms with Gasteiger partial charge < -0.3 is 11.1 Å². The lowest BCUT2D eigenvalue weighted by atomic mass is 10.3. The summed E-state index contributed by atoms with van der Waals surface area (Å²) in [5, 5.41) is 3.65. The topological polar surface area (TPSA) is 50.9 Å². The molecule has 0 saturated heterocycles. The molecule has 0 aliphatic carbocycles. The van der Waals surface area contributed by atoms with Crippen molar-refractivity contribution in [2.75, 3.05) is 11.1 Å². The number of rotatable bonds is 3. The first-order valence-electron chi connectivity index (χ1n) is 5.28. The van der Waals surface area contributed by atoms with Crippen molar-refractivity contribution in [3.63, 3.8) is 0 Å². The molecule has 0 radical (unpaired) electrons. The summed E-state index contributed by atoms with van der Waals surface area (Å²) in [6, 6.07) is 5.61. The van der Waals surface area contributed by atoms with Crippen LogP contribution in [0.2, 0.25) is 5.15 Å². The minimum atomic E-state index is 0.445. The fourth-order valence-electron chi connectivity index (χ4n) is 1.50. The maximum absolute atomic E-state index is 5.82. The maximum Gasteiger partial charge on any atom is 0.151 e. The van der Waals surface area contributed by atoms with Gasteiger partial charge in [0.25, 0.3) is 0 Å². The lowest BCUT2D eigenvalue weighted by Gasteiger charge is -2.07. The predicted molar refractivity (Wildman–Crippen MR) is 74.8 cm³/mol. The van der Waals surface area contributed by atoms with Gasteiger partial charge in [0.05, 0.1) is 12.2 Å². The Balaban J connectivity index is 2.09. The van der Waals surface area contributed by atoms with Crippen molar-refractivity contribution in [3.8, 4) is 0 Å². The van der Waals surface area contributed by atoms with E-state index < -0.39 is 0 Å². The summed E-state index contributed by atoms with van der Waals surface area (Å²) in [4.78, 5) is 6.76. The molecule has 0 aromatic carbocycles. The van der Waals surface area contributed by atoms with Gasteiger partial charge in [-0.3, -0.25) is 0 Å². The van der Waals surface area contributed by atoms with E-state index in [0.29, 0.717) is 16.7 Å². The Morgan fingerprint density at radius 3 is 2.82 bits per heavy atom. The van der Waals surface area contributed by atoms with Crippen LogP contribution in [0.25, 0.3) is 0 Å². The van der Waals surface area contributed by atoms with Gasteiger partial charge >= 0.3 is 0 Å². The molecule has 0 aliphatic heterocycles. The molecule has 90 valence electrons. The molecule has 2 heterocycles. The van der Waals surface area contributed by atoms with E-state index in [0.717, 1.165) is 6.54 Å². The van der Waals surface area contributed by atoms with Crippen LogP contribution in [0, 0.1) is 13.8 Å². The fourth-order valence-corrected chi connectivity index (χ4v) is 2.64. The number of aryl methyl sites for hydroxylation is 2. The fraction of sp³-hybridized carbons (Fsp3) is 0.250. The quantitative estimate of drug-likeness (QED) is 0.836. The maximum atomic E-state index is 5.82. The van der Waals surface area contributed by atoms with E-state index in [4.69, 9.17) is 17.3 Å². The molecule has 0 unspecified atom stereocenters. The van der Waals surface area contributed by atoms with Crippen LogP contribution in [0.5, 0.6) is 0 Å². The largest absolute Gasteiger partial charge is 0.396 e. The Morgan fingerprint density at radius 2 is 2.18 bits per heavy atom. The van der Waals surface area contributed by atoms with E-state index >= 15 is 0 Å². The van der Waals surface area contributed by atoms with E-state index in [1.807, 2.05) is 0 Å².